The van der Waals surface area contributed by atoms with Gasteiger partial charge in [-0.15, -0.1) is 0 Å². The lowest BCUT2D eigenvalue weighted by molar-refractivity contribution is 0.436. The molecule has 1 fully saturated rings. The molecule has 0 aliphatic carbocycles. The standard InChI is InChI=1S/C22H22N2O4S/c1-14-7-8-20(15(2)11-14)24-21(25)18-6-4-3-5-17(18)19(22(24)26)12-23-16-9-10-29(27,28)13-16/h3-8,11-12,16,26H,9-10,13H2,1-2H3/t16-/m1/s1. The van der Waals surface area contributed by atoms with Crippen molar-refractivity contribution in [1.29, 1.82) is 0 Å². The number of sulfone groups is 1. The highest BCUT2D eigenvalue weighted by Gasteiger charge is 2.27. The molecule has 1 saturated heterocycles. The van der Waals surface area contributed by atoms with Crippen LogP contribution in [0.1, 0.15) is 23.1 Å². The van der Waals surface area contributed by atoms with Gasteiger partial charge in [-0.2, -0.15) is 0 Å². The van der Waals surface area contributed by atoms with E-state index in [2.05, 4.69) is 4.99 Å². The lowest BCUT2D eigenvalue weighted by Crippen LogP contribution is -2.21. The van der Waals surface area contributed by atoms with Gasteiger partial charge < -0.3 is 5.11 Å². The number of hydrogen-bond donors (Lipinski definition) is 1. The molecule has 3 aromatic rings. The first-order chi connectivity index (χ1) is 13.8. The van der Waals surface area contributed by atoms with Crippen LogP contribution in [-0.2, 0) is 9.84 Å². The summed E-state index contributed by atoms with van der Waals surface area (Å²) in [4.78, 5) is 17.6. The first-order valence-electron chi connectivity index (χ1n) is 9.45. The summed E-state index contributed by atoms with van der Waals surface area (Å²) in [5, 5.41) is 12.1. The van der Waals surface area contributed by atoms with Crippen LogP contribution in [-0.4, -0.2) is 41.9 Å². The van der Waals surface area contributed by atoms with E-state index in [1.54, 1.807) is 24.3 Å². The molecule has 0 unspecified atom stereocenters. The molecule has 1 atom stereocenters. The predicted octanol–water partition coefficient (Wildman–Crippen LogP) is 2.92. The Bertz CT molecular complexity index is 1310. The SMILES string of the molecule is Cc1ccc(-n2c(O)c(C=N[C@@H]3CCS(=O)(=O)C3)c3ccccc3c2=O)c(C)c1. The van der Waals surface area contributed by atoms with Crippen molar-refractivity contribution in [2.75, 3.05) is 11.5 Å². The van der Waals surface area contributed by atoms with E-state index in [1.807, 2.05) is 32.0 Å². The van der Waals surface area contributed by atoms with Crippen LogP contribution in [0.5, 0.6) is 5.88 Å². The van der Waals surface area contributed by atoms with Crippen molar-refractivity contribution in [3.05, 3.63) is 69.5 Å². The number of fused-ring (bicyclic) bond motifs is 1. The first kappa shape index (κ1) is 19.4. The van der Waals surface area contributed by atoms with Crippen molar-refractivity contribution < 1.29 is 13.5 Å². The zero-order valence-corrected chi connectivity index (χ0v) is 17.1. The Kier molecular flexibility index (Phi) is 4.78. The fourth-order valence-corrected chi connectivity index (χ4v) is 5.48. The number of hydrogen-bond acceptors (Lipinski definition) is 5. The van der Waals surface area contributed by atoms with Crippen molar-refractivity contribution in [1.82, 2.24) is 4.57 Å². The molecule has 2 heterocycles. The first-order valence-corrected chi connectivity index (χ1v) is 11.3. The minimum Gasteiger partial charge on any atom is -0.494 e. The quantitative estimate of drug-likeness (QED) is 0.673. The van der Waals surface area contributed by atoms with Gasteiger partial charge in [-0.1, -0.05) is 35.9 Å². The highest BCUT2D eigenvalue weighted by atomic mass is 32.2. The molecular formula is C22H22N2O4S. The van der Waals surface area contributed by atoms with Gasteiger partial charge >= 0.3 is 0 Å². The Labute approximate surface area is 169 Å². The Hall–Kier alpha value is -2.93. The number of pyridine rings is 1. The van der Waals surface area contributed by atoms with Gasteiger partial charge in [0.1, 0.15) is 0 Å². The second kappa shape index (κ2) is 7.15. The molecule has 6 nitrogen and oxygen atoms in total. The van der Waals surface area contributed by atoms with Crippen molar-refractivity contribution in [3.63, 3.8) is 0 Å². The molecule has 7 heteroatoms. The third-order valence-electron chi connectivity index (χ3n) is 5.32. The van der Waals surface area contributed by atoms with Crippen LogP contribution in [0.15, 0.2) is 52.3 Å². The average molecular weight is 410 g/mol. The molecule has 4 rings (SSSR count). The van der Waals surface area contributed by atoms with E-state index in [-0.39, 0.29) is 29.0 Å². The van der Waals surface area contributed by atoms with E-state index in [0.29, 0.717) is 28.4 Å². The maximum absolute atomic E-state index is 13.2. The Balaban J connectivity index is 1.93. The summed E-state index contributed by atoms with van der Waals surface area (Å²) in [6, 6.07) is 12.4. The number of aliphatic imine (C=N–C) groups is 1. The van der Waals surface area contributed by atoms with Crippen molar-refractivity contribution >= 4 is 26.8 Å². The summed E-state index contributed by atoms with van der Waals surface area (Å²) < 4.78 is 24.7. The van der Waals surface area contributed by atoms with Gasteiger partial charge in [-0.3, -0.25) is 9.79 Å². The van der Waals surface area contributed by atoms with E-state index < -0.39 is 9.84 Å². The molecule has 1 N–H and O–H groups in total. The predicted molar refractivity (Wildman–Crippen MR) is 115 cm³/mol. The highest BCUT2D eigenvalue weighted by Crippen LogP contribution is 2.28. The summed E-state index contributed by atoms with van der Waals surface area (Å²) in [6.45, 7) is 3.86. The summed E-state index contributed by atoms with van der Waals surface area (Å²) in [7, 11) is -3.05. The van der Waals surface area contributed by atoms with Crippen LogP contribution in [0.3, 0.4) is 0 Å². The second-order valence-electron chi connectivity index (χ2n) is 7.55. The number of aromatic hydroxyl groups is 1. The molecule has 29 heavy (non-hydrogen) atoms. The topological polar surface area (TPSA) is 88.7 Å². The van der Waals surface area contributed by atoms with E-state index >= 15 is 0 Å². The lowest BCUT2D eigenvalue weighted by atomic mass is 10.1. The number of benzene rings is 2. The fourth-order valence-electron chi connectivity index (χ4n) is 3.84. The van der Waals surface area contributed by atoms with E-state index in [1.165, 1.54) is 10.8 Å². The van der Waals surface area contributed by atoms with Crippen molar-refractivity contribution in [2.45, 2.75) is 26.3 Å². The van der Waals surface area contributed by atoms with E-state index in [9.17, 15) is 18.3 Å². The van der Waals surface area contributed by atoms with Crippen LogP contribution in [0, 0.1) is 13.8 Å². The minimum absolute atomic E-state index is 0.0128. The van der Waals surface area contributed by atoms with Crippen LogP contribution in [0.4, 0.5) is 0 Å². The molecule has 2 aromatic carbocycles. The van der Waals surface area contributed by atoms with Gasteiger partial charge in [0, 0.05) is 17.0 Å². The number of rotatable bonds is 3. The molecule has 0 amide bonds. The van der Waals surface area contributed by atoms with Gasteiger partial charge in [0.25, 0.3) is 5.56 Å². The van der Waals surface area contributed by atoms with Gasteiger partial charge in [0.15, 0.2) is 9.84 Å². The maximum atomic E-state index is 13.2. The molecule has 0 saturated carbocycles. The summed E-state index contributed by atoms with van der Waals surface area (Å²) in [6.07, 6.45) is 1.97. The zero-order valence-electron chi connectivity index (χ0n) is 16.3. The third-order valence-corrected chi connectivity index (χ3v) is 7.07. The van der Waals surface area contributed by atoms with Crippen LogP contribution in [0.25, 0.3) is 16.5 Å². The Morgan fingerprint density at radius 3 is 2.52 bits per heavy atom. The molecular weight excluding hydrogens is 388 g/mol. The van der Waals surface area contributed by atoms with Crippen LogP contribution < -0.4 is 5.56 Å². The van der Waals surface area contributed by atoms with Gasteiger partial charge in [-0.05, 0) is 38.0 Å². The molecule has 1 aliphatic rings. The van der Waals surface area contributed by atoms with Crippen molar-refractivity contribution in [2.24, 2.45) is 4.99 Å². The second-order valence-corrected chi connectivity index (χ2v) is 9.78. The summed E-state index contributed by atoms with van der Waals surface area (Å²) >= 11 is 0. The van der Waals surface area contributed by atoms with Crippen LogP contribution >= 0.6 is 0 Å². The Morgan fingerprint density at radius 2 is 1.86 bits per heavy atom. The molecule has 0 bridgehead atoms. The molecule has 0 spiro atoms. The van der Waals surface area contributed by atoms with Gasteiger partial charge in [-0.25, -0.2) is 13.0 Å². The number of nitrogens with zero attached hydrogens (tertiary/aromatic N) is 2. The smallest absolute Gasteiger partial charge is 0.265 e. The van der Waals surface area contributed by atoms with Crippen LogP contribution in [0.2, 0.25) is 0 Å². The van der Waals surface area contributed by atoms with Crippen molar-refractivity contribution in [3.8, 4) is 11.6 Å². The van der Waals surface area contributed by atoms with Gasteiger partial charge in [0.05, 0.1) is 28.8 Å². The monoisotopic (exact) mass is 410 g/mol. The number of aryl methyl sites for hydroxylation is 2. The lowest BCUT2D eigenvalue weighted by Gasteiger charge is -2.16. The summed E-state index contributed by atoms with van der Waals surface area (Å²) in [5.74, 6) is -0.0619. The van der Waals surface area contributed by atoms with Gasteiger partial charge in [0.2, 0.25) is 5.88 Å². The summed E-state index contributed by atoms with van der Waals surface area (Å²) in [5.41, 5.74) is 2.61. The minimum atomic E-state index is -3.05. The highest BCUT2D eigenvalue weighted by molar-refractivity contribution is 7.91. The molecule has 150 valence electrons. The largest absolute Gasteiger partial charge is 0.494 e. The zero-order chi connectivity index (χ0) is 20.8. The molecule has 0 radical (unpaired) electrons. The van der Waals surface area contributed by atoms with E-state index in [0.717, 1.165) is 11.1 Å². The van der Waals surface area contributed by atoms with E-state index in [4.69, 9.17) is 0 Å². The number of aromatic nitrogens is 1. The average Bonchev–Trinajstić information content (AvgIpc) is 3.02. The molecule has 1 aromatic heterocycles. The maximum Gasteiger partial charge on any atom is 0.265 e. The normalized spacial score (nSPS) is 18.6. The Morgan fingerprint density at radius 1 is 1.14 bits per heavy atom. The fraction of sp³-hybridized carbons (Fsp3) is 0.273. The third kappa shape index (κ3) is 3.58. The molecule has 1 aliphatic heterocycles.